The fourth-order valence-corrected chi connectivity index (χ4v) is 4.48. The molecule has 0 spiro atoms. The van der Waals surface area contributed by atoms with Gasteiger partial charge in [0.25, 0.3) is 5.91 Å². The number of carbonyl (C=O) groups is 2. The van der Waals surface area contributed by atoms with Gasteiger partial charge < -0.3 is 19.1 Å². The van der Waals surface area contributed by atoms with E-state index in [1.165, 1.54) is 7.11 Å². The van der Waals surface area contributed by atoms with E-state index in [1.807, 2.05) is 72.5 Å². The lowest BCUT2D eigenvalue weighted by Gasteiger charge is -2.36. The molecule has 0 unspecified atom stereocenters. The van der Waals surface area contributed by atoms with E-state index in [0.29, 0.717) is 31.8 Å². The lowest BCUT2D eigenvalue weighted by Crippen LogP contribution is -2.49. The molecular formula is C30H34N2O5. The summed E-state index contributed by atoms with van der Waals surface area (Å²) in [7, 11) is 3.03. The maximum Gasteiger partial charge on any atom is 0.337 e. The third kappa shape index (κ3) is 6.96. The van der Waals surface area contributed by atoms with Crippen LogP contribution in [0.15, 0.2) is 72.8 Å². The van der Waals surface area contributed by atoms with Gasteiger partial charge in [0, 0.05) is 38.3 Å². The number of esters is 1. The average Bonchev–Trinajstić information content (AvgIpc) is 2.95. The topological polar surface area (TPSA) is 68.3 Å². The third-order valence-corrected chi connectivity index (χ3v) is 6.64. The van der Waals surface area contributed by atoms with Crippen LogP contribution in [0.25, 0.3) is 0 Å². The lowest BCUT2D eigenvalue weighted by molar-refractivity contribution is 0.00331. The highest BCUT2D eigenvalue weighted by Gasteiger charge is 2.25. The molecule has 7 heteroatoms. The van der Waals surface area contributed by atoms with Crippen molar-refractivity contribution in [3.05, 3.63) is 101 Å². The largest absolute Gasteiger partial charge is 0.497 e. The number of hydrogen-bond donors (Lipinski definition) is 0. The summed E-state index contributed by atoms with van der Waals surface area (Å²) in [6, 6.07) is 22.9. The van der Waals surface area contributed by atoms with E-state index in [9.17, 15) is 9.59 Å². The summed E-state index contributed by atoms with van der Waals surface area (Å²) in [5.41, 5.74) is 4.33. The Kier molecular flexibility index (Phi) is 8.93. The molecule has 4 rings (SSSR count). The molecule has 0 aromatic heterocycles. The van der Waals surface area contributed by atoms with Crippen LogP contribution in [0.2, 0.25) is 0 Å². The summed E-state index contributed by atoms with van der Waals surface area (Å²) in [5.74, 6) is 0.503. The molecule has 194 valence electrons. The molecule has 0 aliphatic carbocycles. The van der Waals surface area contributed by atoms with E-state index in [1.54, 1.807) is 19.2 Å². The Balaban J connectivity index is 1.40. The number of piperazine rings is 1. The number of rotatable bonds is 9. The number of amides is 1. The first-order valence-corrected chi connectivity index (χ1v) is 12.5. The maximum atomic E-state index is 13.0. The van der Waals surface area contributed by atoms with Crippen molar-refractivity contribution in [2.24, 2.45) is 0 Å². The Morgan fingerprint density at radius 1 is 0.865 bits per heavy atom. The Bertz CT molecular complexity index is 1200. The maximum absolute atomic E-state index is 13.0. The molecule has 0 bridgehead atoms. The van der Waals surface area contributed by atoms with Crippen LogP contribution in [0.1, 0.15) is 43.5 Å². The second kappa shape index (κ2) is 12.5. The van der Waals surface area contributed by atoms with Gasteiger partial charge >= 0.3 is 5.97 Å². The van der Waals surface area contributed by atoms with Crippen LogP contribution in [0.3, 0.4) is 0 Å². The summed E-state index contributed by atoms with van der Waals surface area (Å²) in [5, 5.41) is 0. The molecule has 7 nitrogen and oxygen atoms in total. The van der Waals surface area contributed by atoms with Crippen molar-refractivity contribution < 1.29 is 23.8 Å². The Hall–Kier alpha value is -3.68. The minimum absolute atomic E-state index is 0.0827. The molecule has 0 radical (unpaired) electrons. The van der Waals surface area contributed by atoms with Gasteiger partial charge in [0.05, 0.1) is 32.5 Å². The Morgan fingerprint density at radius 3 is 2.27 bits per heavy atom. The first-order valence-electron chi connectivity index (χ1n) is 12.5. The minimum Gasteiger partial charge on any atom is -0.497 e. The number of aryl methyl sites for hydroxylation is 1. The molecule has 3 aromatic rings. The molecule has 1 aliphatic rings. The van der Waals surface area contributed by atoms with E-state index in [-0.39, 0.29) is 18.0 Å². The third-order valence-electron chi connectivity index (χ3n) is 6.64. The van der Waals surface area contributed by atoms with Gasteiger partial charge in [-0.25, -0.2) is 4.79 Å². The monoisotopic (exact) mass is 502 g/mol. The van der Waals surface area contributed by atoms with Crippen molar-refractivity contribution in [2.45, 2.75) is 19.6 Å². The van der Waals surface area contributed by atoms with E-state index in [0.717, 1.165) is 41.1 Å². The van der Waals surface area contributed by atoms with E-state index < -0.39 is 0 Å². The van der Waals surface area contributed by atoms with Crippen LogP contribution < -0.4 is 4.74 Å². The summed E-state index contributed by atoms with van der Waals surface area (Å²) >= 11 is 0. The molecule has 1 heterocycles. The van der Waals surface area contributed by atoms with Crippen LogP contribution in [0.4, 0.5) is 0 Å². The van der Waals surface area contributed by atoms with Gasteiger partial charge in [0.1, 0.15) is 5.75 Å². The SMILES string of the molecule is COC(=O)c1ccc(CO[C@@H](CN2CCN(C(=O)c3cccc(C)c3)CC2)c2cccc(OC)c2)cc1. The van der Waals surface area contributed by atoms with Crippen LogP contribution in [0.5, 0.6) is 5.75 Å². The first kappa shape index (κ1) is 26.4. The summed E-state index contributed by atoms with van der Waals surface area (Å²) in [6.45, 7) is 5.99. The normalized spacial score (nSPS) is 14.7. The summed E-state index contributed by atoms with van der Waals surface area (Å²) in [6.07, 6.45) is -0.186. The summed E-state index contributed by atoms with van der Waals surface area (Å²) in [4.78, 5) is 28.9. The predicted octanol–water partition coefficient (Wildman–Crippen LogP) is 4.51. The van der Waals surface area contributed by atoms with Gasteiger partial charge in [-0.05, 0) is 54.4 Å². The smallest absolute Gasteiger partial charge is 0.337 e. The van der Waals surface area contributed by atoms with Crippen LogP contribution in [-0.2, 0) is 16.1 Å². The number of hydrogen-bond acceptors (Lipinski definition) is 6. The fourth-order valence-electron chi connectivity index (χ4n) is 4.48. The number of methoxy groups -OCH3 is 2. The highest BCUT2D eigenvalue weighted by molar-refractivity contribution is 5.94. The van der Waals surface area contributed by atoms with E-state index in [2.05, 4.69) is 4.90 Å². The molecule has 1 amide bonds. The number of carbonyl (C=O) groups excluding carboxylic acids is 2. The number of nitrogens with zero attached hydrogens (tertiary/aromatic N) is 2. The zero-order valence-corrected chi connectivity index (χ0v) is 21.7. The Labute approximate surface area is 218 Å². The highest BCUT2D eigenvalue weighted by atomic mass is 16.5. The molecule has 1 saturated heterocycles. The second-order valence-electron chi connectivity index (χ2n) is 9.23. The Morgan fingerprint density at radius 2 is 1.59 bits per heavy atom. The van der Waals surface area contributed by atoms with Gasteiger partial charge in [0.15, 0.2) is 0 Å². The fraction of sp³-hybridized carbons (Fsp3) is 0.333. The van der Waals surface area contributed by atoms with E-state index >= 15 is 0 Å². The molecule has 1 atom stereocenters. The summed E-state index contributed by atoms with van der Waals surface area (Å²) < 4.78 is 16.6. The van der Waals surface area contributed by atoms with Gasteiger partial charge in [0.2, 0.25) is 0 Å². The van der Waals surface area contributed by atoms with Crippen molar-refractivity contribution in [2.75, 3.05) is 46.9 Å². The van der Waals surface area contributed by atoms with Crippen LogP contribution >= 0.6 is 0 Å². The quantitative estimate of drug-likeness (QED) is 0.401. The van der Waals surface area contributed by atoms with Crippen molar-refractivity contribution in [3.8, 4) is 5.75 Å². The van der Waals surface area contributed by atoms with Crippen LogP contribution in [0, 0.1) is 6.92 Å². The molecule has 1 fully saturated rings. The molecule has 1 aliphatic heterocycles. The van der Waals surface area contributed by atoms with Gasteiger partial charge in [-0.3, -0.25) is 9.69 Å². The molecule has 3 aromatic carbocycles. The van der Waals surface area contributed by atoms with Gasteiger partial charge in [-0.1, -0.05) is 42.0 Å². The standard InChI is InChI=1S/C30H34N2O5/c1-22-6-4-8-26(18-22)29(33)32-16-14-31(15-17-32)20-28(25-7-5-9-27(19-25)35-2)37-21-23-10-12-24(13-11-23)30(34)36-3/h4-13,18-19,28H,14-17,20-21H2,1-3H3/t28-/m0/s1. The minimum atomic E-state index is -0.359. The lowest BCUT2D eigenvalue weighted by atomic mass is 10.1. The second-order valence-corrected chi connectivity index (χ2v) is 9.23. The van der Waals surface area contributed by atoms with E-state index in [4.69, 9.17) is 14.2 Å². The molecule has 0 saturated carbocycles. The average molecular weight is 503 g/mol. The van der Waals surface area contributed by atoms with Crippen LogP contribution in [-0.4, -0.2) is 68.6 Å². The number of benzene rings is 3. The molecule has 37 heavy (non-hydrogen) atoms. The molecular weight excluding hydrogens is 468 g/mol. The van der Waals surface area contributed by atoms with Crippen molar-refractivity contribution in [1.82, 2.24) is 9.80 Å². The zero-order chi connectivity index (χ0) is 26.2. The highest BCUT2D eigenvalue weighted by Crippen LogP contribution is 2.25. The van der Waals surface area contributed by atoms with Gasteiger partial charge in [-0.15, -0.1) is 0 Å². The van der Waals surface area contributed by atoms with Crippen molar-refractivity contribution in [3.63, 3.8) is 0 Å². The van der Waals surface area contributed by atoms with Gasteiger partial charge in [-0.2, -0.15) is 0 Å². The van der Waals surface area contributed by atoms with Crippen molar-refractivity contribution in [1.29, 1.82) is 0 Å². The zero-order valence-electron chi connectivity index (χ0n) is 21.7. The predicted molar refractivity (Wildman–Crippen MR) is 142 cm³/mol. The first-order chi connectivity index (χ1) is 18.0. The molecule has 0 N–H and O–H groups in total. The van der Waals surface area contributed by atoms with Crippen molar-refractivity contribution >= 4 is 11.9 Å². The number of ether oxygens (including phenoxy) is 3.